The molecule has 0 saturated carbocycles. The lowest BCUT2D eigenvalue weighted by Gasteiger charge is -2.20. The Morgan fingerprint density at radius 2 is 1.74 bits per heavy atom. The van der Waals surface area contributed by atoms with E-state index in [1.165, 1.54) is 7.11 Å². The van der Waals surface area contributed by atoms with Gasteiger partial charge in [-0.05, 0) is 28.7 Å². The maximum Gasteiger partial charge on any atom is 0.407 e. The van der Waals surface area contributed by atoms with Crippen molar-refractivity contribution in [3.05, 3.63) is 59.7 Å². The second-order valence-corrected chi connectivity index (χ2v) is 8.30. The van der Waals surface area contributed by atoms with Crippen molar-refractivity contribution in [2.75, 3.05) is 26.9 Å². The van der Waals surface area contributed by atoms with Crippen LogP contribution in [0.5, 0.6) is 0 Å². The lowest BCUT2D eigenvalue weighted by molar-refractivity contribution is -0.149. The smallest absolute Gasteiger partial charge is 0.407 e. The summed E-state index contributed by atoms with van der Waals surface area (Å²) in [5.41, 5.74) is 4.53. The van der Waals surface area contributed by atoms with Gasteiger partial charge in [-0.2, -0.15) is 0 Å². The molecular weight excluding hydrogens is 440 g/mol. The van der Waals surface area contributed by atoms with Crippen molar-refractivity contribution in [1.29, 1.82) is 0 Å². The lowest BCUT2D eigenvalue weighted by Crippen LogP contribution is -2.49. The van der Waals surface area contributed by atoms with Gasteiger partial charge < -0.3 is 30.0 Å². The van der Waals surface area contributed by atoms with E-state index in [2.05, 4.69) is 22.8 Å². The number of methoxy groups -OCH3 is 1. The van der Waals surface area contributed by atoms with Gasteiger partial charge in [0.2, 0.25) is 0 Å². The predicted octanol–water partition coefficient (Wildman–Crippen LogP) is 2.29. The van der Waals surface area contributed by atoms with E-state index < -0.39 is 36.2 Å². The number of hydrogen-bond acceptors (Lipinski definition) is 6. The van der Waals surface area contributed by atoms with Crippen LogP contribution in [-0.2, 0) is 23.8 Å². The van der Waals surface area contributed by atoms with Gasteiger partial charge in [-0.3, -0.25) is 4.79 Å². The molecule has 180 valence electrons. The highest BCUT2D eigenvalue weighted by Gasteiger charge is 2.36. The van der Waals surface area contributed by atoms with Crippen molar-refractivity contribution in [3.8, 4) is 11.1 Å². The third-order valence-electron chi connectivity index (χ3n) is 6.26. The Labute approximate surface area is 197 Å². The molecule has 4 rings (SSSR count). The SMILES string of the molecule is COC(CCNC(=O)[C@H]1OCC[C@H]1NC(=O)OCC1c2ccccc2-c2ccccc21)C(=O)O. The van der Waals surface area contributed by atoms with Crippen LogP contribution < -0.4 is 10.6 Å². The number of benzene rings is 2. The molecule has 2 aliphatic rings. The van der Waals surface area contributed by atoms with Gasteiger partial charge in [-0.15, -0.1) is 0 Å². The van der Waals surface area contributed by atoms with Gasteiger partial charge in [0.15, 0.2) is 12.2 Å². The predicted molar refractivity (Wildman–Crippen MR) is 122 cm³/mol. The van der Waals surface area contributed by atoms with Crippen LogP contribution in [0.3, 0.4) is 0 Å². The molecule has 0 spiro atoms. The Bertz CT molecular complexity index is 1010. The molecule has 1 fully saturated rings. The number of carbonyl (C=O) groups is 3. The number of alkyl carbamates (subject to hydrolysis) is 1. The highest BCUT2D eigenvalue weighted by molar-refractivity contribution is 5.83. The monoisotopic (exact) mass is 468 g/mol. The highest BCUT2D eigenvalue weighted by atomic mass is 16.6. The van der Waals surface area contributed by atoms with Gasteiger partial charge in [0, 0.05) is 32.6 Å². The molecule has 34 heavy (non-hydrogen) atoms. The molecule has 0 radical (unpaired) electrons. The average molecular weight is 469 g/mol. The van der Waals surface area contributed by atoms with E-state index in [-0.39, 0.29) is 25.5 Å². The minimum absolute atomic E-state index is 0.0555. The number of nitrogens with one attached hydrogen (secondary N) is 2. The van der Waals surface area contributed by atoms with E-state index >= 15 is 0 Å². The fraction of sp³-hybridized carbons (Fsp3) is 0.400. The van der Waals surface area contributed by atoms with Crippen molar-refractivity contribution in [1.82, 2.24) is 10.6 Å². The van der Waals surface area contributed by atoms with Gasteiger partial charge >= 0.3 is 12.1 Å². The summed E-state index contributed by atoms with van der Waals surface area (Å²) in [6, 6.07) is 15.6. The summed E-state index contributed by atoms with van der Waals surface area (Å²) >= 11 is 0. The number of ether oxygens (including phenoxy) is 3. The third-order valence-corrected chi connectivity index (χ3v) is 6.26. The van der Waals surface area contributed by atoms with Crippen LogP contribution in [0.15, 0.2) is 48.5 Å². The molecule has 1 aliphatic carbocycles. The first-order valence-corrected chi connectivity index (χ1v) is 11.3. The van der Waals surface area contributed by atoms with Gasteiger partial charge in [0.1, 0.15) is 6.61 Å². The lowest BCUT2D eigenvalue weighted by atomic mass is 9.98. The first kappa shape index (κ1) is 23.7. The second-order valence-electron chi connectivity index (χ2n) is 8.30. The first-order valence-electron chi connectivity index (χ1n) is 11.3. The van der Waals surface area contributed by atoms with Crippen molar-refractivity contribution in [2.45, 2.75) is 37.0 Å². The van der Waals surface area contributed by atoms with Crippen LogP contribution >= 0.6 is 0 Å². The van der Waals surface area contributed by atoms with E-state index in [0.717, 1.165) is 22.3 Å². The number of aliphatic carboxylic acids is 1. The summed E-state index contributed by atoms with van der Waals surface area (Å²) in [6.45, 7) is 0.612. The van der Waals surface area contributed by atoms with Gasteiger partial charge in [0.25, 0.3) is 5.91 Å². The minimum Gasteiger partial charge on any atom is -0.479 e. The maximum absolute atomic E-state index is 12.6. The minimum atomic E-state index is -1.09. The zero-order chi connectivity index (χ0) is 24.1. The van der Waals surface area contributed by atoms with E-state index in [0.29, 0.717) is 13.0 Å². The number of carboxylic acid groups (broad SMARTS) is 1. The maximum atomic E-state index is 12.6. The number of rotatable bonds is 9. The zero-order valence-electron chi connectivity index (χ0n) is 18.9. The quantitative estimate of drug-likeness (QED) is 0.516. The summed E-state index contributed by atoms with van der Waals surface area (Å²) in [6.07, 6.45) is -1.89. The molecule has 0 bridgehead atoms. The van der Waals surface area contributed by atoms with Gasteiger partial charge in [-0.1, -0.05) is 48.5 Å². The molecule has 2 amide bonds. The molecule has 9 nitrogen and oxygen atoms in total. The summed E-state index contributed by atoms with van der Waals surface area (Å²) in [5.74, 6) is -1.56. The van der Waals surface area contributed by atoms with Crippen LogP contribution in [0.25, 0.3) is 11.1 Å². The Kier molecular flexibility index (Phi) is 7.44. The summed E-state index contributed by atoms with van der Waals surface area (Å²) < 4.78 is 15.9. The molecule has 9 heteroatoms. The van der Waals surface area contributed by atoms with E-state index in [9.17, 15) is 14.4 Å². The molecule has 3 N–H and O–H groups in total. The molecule has 2 aromatic rings. The van der Waals surface area contributed by atoms with Crippen LogP contribution in [0, 0.1) is 0 Å². The van der Waals surface area contributed by atoms with E-state index in [1.54, 1.807) is 0 Å². The third kappa shape index (κ3) is 5.05. The van der Waals surface area contributed by atoms with Crippen molar-refractivity contribution in [2.24, 2.45) is 0 Å². The first-order chi connectivity index (χ1) is 16.5. The largest absolute Gasteiger partial charge is 0.479 e. The molecule has 1 heterocycles. The van der Waals surface area contributed by atoms with Gasteiger partial charge in [0.05, 0.1) is 6.04 Å². The molecule has 1 saturated heterocycles. The number of carboxylic acids is 1. The number of carbonyl (C=O) groups excluding carboxylic acids is 2. The van der Waals surface area contributed by atoms with Crippen LogP contribution in [0.1, 0.15) is 29.9 Å². The summed E-state index contributed by atoms with van der Waals surface area (Å²) in [4.78, 5) is 36.1. The Hall–Kier alpha value is -3.43. The summed E-state index contributed by atoms with van der Waals surface area (Å²) in [7, 11) is 1.30. The number of amides is 2. The topological polar surface area (TPSA) is 123 Å². The number of fused-ring (bicyclic) bond motifs is 3. The number of hydrogen-bond donors (Lipinski definition) is 3. The molecule has 1 unspecified atom stereocenters. The fourth-order valence-electron chi connectivity index (χ4n) is 4.56. The molecular formula is C25H28N2O7. The van der Waals surface area contributed by atoms with Crippen molar-refractivity contribution < 1.29 is 33.7 Å². The van der Waals surface area contributed by atoms with E-state index in [4.69, 9.17) is 19.3 Å². The Balaban J connectivity index is 1.30. The molecule has 1 aliphatic heterocycles. The Morgan fingerprint density at radius 1 is 1.09 bits per heavy atom. The van der Waals surface area contributed by atoms with E-state index in [1.807, 2.05) is 36.4 Å². The Morgan fingerprint density at radius 3 is 2.35 bits per heavy atom. The summed E-state index contributed by atoms with van der Waals surface area (Å²) in [5, 5.41) is 14.4. The standard InChI is InChI=1S/C25H28N2O7/c1-32-21(24(29)30)10-12-26-23(28)22-20(11-13-33-22)27-25(31)34-14-19-17-8-4-2-6-15(17)16-7-3-5-9-18(16)19/h2-9,19-22H,10-14H2,1H3,(H,26,28)(H,27,31)(H,29,30)/t20-,21?,22+/m1/s1. The second kappa shape index (κ2) is 10.7. The highest BCUT2D eigenvalue weighted by Crippen LogP contribution is 2.44. The molecule has 3 atom stereocenters. The van der Waals surface area contributed by atoms with Crippen LogP contribution in [0.2, 0.25) is 0 Å². The van der Waals surface area contributed by atoms with Crippen molar-refractivity contribution >= 4 is 18.0 Å². The van der Waals surface area contributed by atoms with Crippen LogP contribution in [-0.4, -0.2) is 68.2 Å². The van der Waals surface area contributed by atoms with Gasteiger partial charge in [-0.25, -0.2) is 9.59 Å². The van der Waals surface area contributed by atoms with Crippen molar-refractivity contribution in [3.63, 3.8) is 0 Å². The average Bonchev–Trinajstić information content (AvgIpc) is 3.42. The fourth-order valence-corrected chi connectivity index (χ4v) is 4.56. The normalized spacial score (nSPS) is 19.7. The molecule has 2 aromatic carbocycles. The van der Waals surface area contributed by atoms with Crippen LogP contribution in [0.4, 0.5) is 4.79 Å². The molecule has 0 aromatic heterocycles. The zero-order valence-corrected chi connectivity index (χ0v) is 18.9.